The molecule has 3 fully saturated rings. The topological polar surface area (TPSA) is 126 Å². The van der Waals surface area contributed by atoms with Gasteiger partial charge in [0, 0.05) is 64.1 Å². The van der Waals surface area contributed by atoms with Crippen molar-refractivity contribution in [2.24, 2.45) is 7.05 Å². The van der Waals surface area contributed by atoms with Crippen LogP contribution in [0.3, 0.4) is 0 Å². The number of likely N-dealkylation sites (N-methyl/N-ethyl adjacent to an activating group) is 1. The van der Waals surface area contributed by atoms with Gasteiger partial charge in [0.15, 0.2) is 0 Å². The van der Waals surface area contributed by atoms with Crippen LogP contribution in [0, 0.1) is 0 Å². The van der Waals surface area contributed by atoms with Crippen molar-refractivity contribution in [2.45, 2.75) is 56.1 Å². The molecule has 12 heteroatoms. The fourth-order valence-corrected chi connectivity index (χ4v) is 7.24. The van der Waals surface area contributed by atoms with Gasteiger partial charge < -0.3 is 19.9 Å². The number of benzene rings is 2. The number of hydrogen-bond donors (Lipinski definition) is 2. The molecule has 3 aromatic rings. The Morgan fingerprint density at radius 3 is 2.50 bits per heavy atom. The van der Waals surface area contributed by atoms with E-state index in [0.717, 1.165) is 25.1 Å². The molecule has 3 atom stereocenters. The first-order valence-electron chi connectivity index (χ1n) is 15.8. The predicted octanol–water partition coefficient (Wildman–Crippen LogP) is 3.65. The summed E-state index contributed by atoms with van der Waals surface area (Å²) < 4.78 is 8.05. The van der Waals surface area contributed by atoms with Crippen molar-refractivity contribution in [1.82, 2.24) is 24.9 Å². The average molecular weight is 692 g/mol. The third-order valence-electron chi connectivity index (χ3n) is 9.23. The van der Waals surface area contributed by atoms with E-state index in [0.29, 0.717) is 60.2 Å². The van der Waals surface area contributed by atoms with Crippen LogP contribution in [0.15, 0.2) is 64.0 Å². The number of carbonyl (C=O) groups excluding carboxylic acids is 3. The first-order valence-corrected chi connectivity index (χ1v) is 16.6. The van der Waals surface area contributed by atoms with Crippen molar-refractivity contribution in [2.75, 3.05) is 38.5 Å². The average Bonchev–Trinajstić information content (AvgIpc) is 3.05. The molecule has 3 aliphatic heterocycles. The van der Waals surface area contributed by atoms with Gasteiger partial charge in [-0.15, -0.1) is 0 Å². The van der Waals surface area contributed by atoms with E-state index in [9.17, 15) is 19.2 Å². The summed E-state index contributed by atoms with van der Waals surface area (Å²) in [4.78, 5) is 53.7. The first-order chi connectivity index (χ1) is 22.1. The number of amides is 3. The molecule has 1 aromatic heterocycles. The van der Waals surface area contributed by atoms with Gasteiger partial charge in [-0.25, -0.2) is 4.68 Å². The van der Waals surface area contributed by atoms with Gasteiger partial charge in [0.05, 0.1) is 17.8 Å². The molecule has 11 nitrogen and oxygen atoms in total. The lowest BCUT2D eigenvalue weighted by Gasteiger charge is -2.37. The summed E-state index contributed by atoms with van der Waals surface area (Å²) in [6.07, 6.45) is 4.81. The minimum atomic E-state index is -0.352. The molecule has 6 rings (SSSR count). The van der Waals surface area contributed by atoms with Gasteiger partial charge in [0.1, 0.15) is 16.3 Å². The SMILES string of the molecule is CN1C[C@H](Nc2cnn(C)c(=O)c2Br)C[C@H](c2ccc(C(=O)N3CCC(Oc4cccc(C5CCC(=O)NC5=O)c4)CC3)cc2)C1. The lowest BCUT2D eigenvalue weighted by Crippen LogP contribution is -2.43. The van der Waals surface area contributed by atoms with E-state index in [2.05, 4.69) is 55.7 Å². The maximum absolute atomic E-state index is 13.4. The van der Waals surface area contributed by atoms with Gasteiger partial charge in [-0.05, 0) is 77.1 Å². The summed E-state index contributed by atoms with van der Waals surface area (Å²) in [6, 6.07) is 15.7. The van der Waals surface area contributed by atoms with Crippen molar-refractivity contribution in [3.05, 3.63) is 86.2 Å². The van der Waals surface area contributed by atoms with Crippen LogP contribution in [0.1, 0.15) is 65.4 Å². The molecule has 3 saturated heterocycles. The Bertz CT molecular complexity index is 1670. The van der Waals surface area contributed by atoms with E-state index >= 15 is 0 Å². The first kappa shape index (κ1) is 31.9. The molecule has 0 saturated carbocycles. The van der Waals surface area contributed by atoms with Gasteiger partial charge >= 0.3 is 0 Å². The van der Waals surface area contributed by atoms with Gasteiger partial charge in [-0.2, -0.15) is 5.10 Å². The number of nitrogens with one attached hydrogen (secondary N) is 2. The Hall–Kier alpha value is -4.03. The van der Waals surface area contributed by atoms with Crippen LogP contribution in [0.2, 0.25) is 0 Å². The highest BCUT2D eigenvalue weighted by atomic mass is 79.9. The predicted molar refractivity (Wildman–Crippen MR) is 177 cm³/mol. The lowest BCUT2D eigenvalue weighted by atomic mass is 9.87. The monoisotopic (exact) mass is 690 g/mol. The van der Waals surface area contributed by atoms with Gasteiger partial charge in [-0.1, -0.05) is 24.3 Å². The fraction of sp³-hybridized carbons (Fsp3) is 0.441. The van der Waals surface area contributed by atoms with Gasteiger partial charge in [0.2, 0.25) is 11.8 Å². The zero-order valence-corrected chi connectivity index (χ0v) is 27.7. The minimum absolute atomic E-state index is 0.0215. The molecule has 242 valence electrons. The number of rotatable bonds is 7. The number of anilines is 1. The maximum Gasteiger partial charge on any atom is 0.282 e. The second kappa shape index (κ2) is 13.8. The van der Waals surface area contributed by atoms with Crippen molar-refractivity contribution in [3.63, 3.8) is 0 Å². The number of halogens is 1. The molecule has 0 spiro atoms. The molecule has 0 bridgehead atoms. The van der Waals surface area contributed by atoms with E-state index < -0.39 is 0 Å². The second-order valence-electron chi connectivity index (χ2n) is 12.6. The number of piperidine rings is 3. The normalized spacial score (nSPS) is 22.8. The molecule has 4 heterocycles. The Kier molecular flexibility index (Phi) is 9.55. The van der Waals surface area contributed by atoms with Crippen LogP contribution in [0.4, 0.5) is 5.69 Å². The van der Waals surface area contributed by atoms with Crippen LogP contribution >= 0.6 is 15.9 Å². The molecule has 0 radical (unpaired) electrons. The molecule has 2 aromatic carbocycles. The number of imide groups is 1. The van der Waals surface area contributed by atoms with E-state index in [1.165, 1.54) is 10.2 Å². The fourth-order valence-electron chi connectivity index (χ4n) is 6.76. The zero-order valence-electron chi connectivity index (χ0n) is 26.1. The number of likely N-dealkylation sites (tertiary alicyclic amines) is 2. The van der Waals surface area contributed by atoms with Gasteiger partial charge in [0.25, 0.3) is 11.5 Å². The molecule has 0 aliphatic carbocycles. The summed E-state index contributed by atoms with van der Waals surface area (Å²) in [7, 11) is 3.72. The largest absolute Gasteiger partial charge is 0.490 e. The number of aromatic nitrogens is 2. The van der Waals surface area contributed by atoms with Crippen LogP contribution in [-0.4, -0.2) is 82.7 Å². The third kappa shape index (κ3) is 7.18. The molecule has 2 N–H and O–H groups in total. The van der Waals surface area contributed by atoms with E-state index in [4.69, 9.17) is 4.74 Å². The molecule has 1 unspecified atom stereocenters. The van der Waals surface area contributed by atoms with E-state index in [-0.39, 0.29) is 47.3 Å². The number of ether oxygens (including phenoxy) is 1. The lowest BCUT2D eigenvalue weighted by molar-refractivity contribution is -0.134. The highest BCUT2D eigenvalue weighted by Crippen LogP contribution is 2.31. The zero-order chi connectivity index (χ0) is 32.4. The van der Waals surface area contributed by atoms with Gasteiger partial charge in [-0.3, -0.25) is 24.5 Å². The summed E-state index contributed by atoms with van der Waals surface area (Å²) in [5.41, 5.74) is 3.22. The Morgan fingerprint density at radius 1 is 1.00 bits per heavy atom. The van der Waals surface area contributed by atoms with E-state index in [1.54, 1.807) is 13.2 Å². The smallest absolute Gasteiger partial charge is 0.282 e. The van der Waals surface area contributed by atoms with Crippen LogP contribution < -0.4 is 20.9 Å². The molecular weight excluding hydrogens is 652 g/mol. The van der Waals surface area contributed by atoms with Crippen LogP contribution in [0.25, 0.3) is 0 Å². The van der Waals surface area contributed by atoms with Crippen molar-refractivity contribution >= 4 is 39.3 Å². The van der Waals surface area contributed by atoms with Crippen molar-refractivity contribution in [3.8, 4) is 5.75 Å². The standard InChI is InChI=1S/C34H39BrN6O5/c1-39-19-24(16-25(20-39)37-29-18-36-40(2)34(45)31(29)35)21-6-8-22(9-7-21)33(44)41-14-12-26(13-15-41)46-27-5-3-4-23(17-27)28-10-11-30(42)38-32(28)43/h3-9,17-18,24-26,28,37H,10-16,19-20H2,1-2H3,(H,38,42,43)/t24-,25+,28?/m0/s1. The third-order valence-corrected chi connectivity index (χ3v) is 10.00. The molecule has 3 aliphatic rings. The summed E-state index contributed by atoms with van der Waals surface area (Å²) in [5.74, 6) is 0.161. The maximum atomic E-state index is 13.4. The second-order valence-corrected chi connectivity index (χ2v) is 13.4. The number of aryl methyl sites for hydroxylation is 1. The van der Waals surface area contributed by atoms with Crippen LogP contribution in [0.5, 0.6) is 5.75 Å². The van der Waals surface area contributed by atoms with Crippen molar-refractivity contribution < 1.29 is 19.1 Å². The summed E-state index contributed by atoms with van der Waals surface area (Å²) in [6.45, 7) is 2.96. The quantitative estimate of drug-likeness (QED) is 0.360. The Morgan fingerprint density at radius 2 is 1.76 bits per heavy atom. The minimum Gasteiger partial charge on any atom is -0.490 e. The molecule has 46 heavy (non-hydrogen) atoms. The molecular formula is C34H39BrN6O5. The highest BCUT2D eigenvalue weighted by molar-refractivity contribution is 9.10. The number of nitrogens with zero attached hydrogens (tertiary/aromatic N) is 4. The Balaban J connectivity index is 1.02. The van der Waals surface area contributed by atoms with Crippen LogP contribution in [-0.2, 0) is 16.6 Å². The summed E-state index contributed by atoms with van der Waals surface area (Å²) in [5, 5.41) is 10.1. The van der Waals surface area contributed by atoms with Crippen molar-refractivity contribution in [1.29, 1.82) is 0 Å². The van der Waals surface area contributed by atoms with E-state index in [1.807, 2.05) is 41.3 Å². The number of carbonyl (C=O) groups is 3. The molecule has 3 amide bonds. The highest BCUT2D eigenvalue weighted by Gasteiger charge is 2.30. The summed E-state index contributed by atoms with van der Waals surface area (Å²) >= 11 is 3.41. The number of hydrogen-bond acceptors (Lipinski definition) is 8. The Labute approximate surface area is 276 Å².